The SMILES string of the molecule is CCCCN/C=C1/C=CC(OC)=CC1=O.CCCCN/C=C1/C=CC(OC)=CC1=O.CCCCN/C=C1/C=CC(OC)=CC1=O.O=[N+]([O-])[O-].O=[N+]([O-])[O-].O=[N+]([O-])[O-].[La+3]. The molecule has 3 N–H and O–H groups in total. The van der Waals surface area contributed by atoms with Crippen molar-refractivity contribution in [2.24, 2.45) is 0 Å². The first-order chi connectivity index (χ1) is 27.0. The molecule has 0 amide bonds. The predicted molar refractivity (Wildman–Crippen MR) is 212 cm³/mol. The fraction of sp³-hybridized carbons (Fsp3) is 0.417. The van der Waals surface area contributed by atoms with Crippen molar-refractivity contribution in [3.05, 3.63) is 153 Å². The van der Waals surface area contributed by atoms with Crippen LogP contribution in [-0.4, -0.2) is 73.6 Å². The Morgan fingerprint density at radius 2 is 0.690 bits per heavy atom. The van der Waals surface area contributed by atoms with Gasteiger partial charge in [0.2, 0.25) is 0 Å². The second kappa shape index (κ2) is 39.5. The van der Waals surface area contributed by atoms with E-state index in [0.29, 0.717) is 34.0 Å². The topological polar surface area (TPSA) is 314 Å². The molecule has 0 saturated heterocycles. The van der Waals surface area contributed by atoms with Gasteiger partial charge in [-0.1, -0.05) is 40.0 Å². The first-order valence-electron chi connectivity index (χ1n) is 17.2. The zero-order valence-corrected chi connectivity index (χ0v) is 37.0. The van der Waals surface area contributed by atoms with E-state index in [9.17, 15) is 14.4 Å². The number of allylic oxidation sites excluding steroid dienone is 12. The molecule has 318 valence electrons. The first-order valence-corrected chi connectivity index (χ1v) is 17.2. The van der Waals surface area contributed by atoms with E-state index in [4.69, 9.17) is 60.2 Å². The molecule has 58 heavy (non-hydrogen) atoms. The van der Waals surface area contributed by atoms with Crippen LogP contribution in [0.3, 0.4) is 0 Å². The van der Waals surface area contributed by atoms with E-state index in [-0.39, 0.29) is 52.9 Å². The number of ether oxygens (including phenoxy) is 3. The summed E-state index contributed by atoms with van der Waals surface area (Å²) in [6, 6.07) is 0. The Morgan fingerprint density at radius 1 is 0.483 bits per heavy atom. The number of unbranched alkanes of at least 4 members (excludes halogenated alkanes) is 3. The van der Waals surface area contributed by atoms with Gasteiger partial charge in [0.25, 0.3) is 0 Å². The van der Waals surface area contributed by atoms with Crippen molar-refractivity contribution in [2.45, 2.75) is 59.3 Å². The number of carbonyl (C=O) groups is 3. The van der Waals surface area contributed by atoms with Crippen LogP contribution in [0.1, 0.15) is 59.3 Å². The molecular weight excluding hydrogens is 895 g/mol. The Hall–Kier alpha value is -5.74. The zero-order valence-electron chi connectivity index (χ0n) is 33.3. The van der Waals surface area contributed by atoms with Crippen LogP contribution in [-0.2, 0) is 28.6 Å². The third kappa shape index (κ3) is 37.2. The summed E-state index contributed by atoms with van der Waals surface area (Å²) in [4.78, 5) is 59.3. The third-order valence-electron chi connectivity index (χ3n) is 6.46. The Kier molecular flexibility index (Phi) is 40.2. The van der Waals surface area contributed by atoms with Crippen molar-refractivity contribution < 1.29 is 79.5 Å². The predicted octanol–water partition coefficient (Wildman–Crippen LogP) is 5.07. The largest absolute Gasteiger partial charge is 3.00 e. The minimum atomic E-state index is -1.75. The molecule has 0 bridgehead atoms. The van der Waals surface area contributed by atoms with Crippen molar-refractivity contribution >= 4 is 17.3 Å². The van der Waals surface area contributed by atoms with Crippen LogP contribution < -0.4 is 16.0 Å². The van der Waals surface area contributed by atoms with Crippen LogP contribution in [0.15, 0.2) is 107 Å². The summed E-state index contributed by atoms with van der Waals surface area (Å²) in [7, 11) is 4.66. The molecule has 3 rings (SSSR count). The minimum absolute atomic E-state index is 0. The van der Waals surface area contributed by atoms with Gasteiger partial charge in [-0.3, -0.25) is 14.4 Å². The molecule has 0 spiro atoms. The molecule has 22 heteroatoms. The number of hydrogen-bond acceptors (Lipinski definition) is 18. The molecule has 0 atom stereocenters. The second-order valence-electron chi connectivity index (χ2n) is 10.7. The molecule has 21 nitrogen and oxygen atoms in total. The first kappa shape index (κ1) is 59.0. The van der Waals surface area contributed by atoms with E-state index in [1.165, 1.54) is 18.2 Å². The van der Waals surface area contributed by atoms with Gasteiger partial charge in [0.05, 0.1) is 36.6 Å². The molecular formula is C36H51LaN6O15. The summed E-state index contributed by atoms with van der Waals surface area (Å²) in [5, 5.41) is 53.6. The molecule has 3 aliphatic carbocycles. The van der Waals surface area contributed by atoms with Crippen LogP contribution in [0.2, 0.25) is 0 Å². The number of methoxy groups -OCH3 is 3. The van der Waals surface area contributed by atoms with Gasteiger partial charge in [-0.15, -0.1) is 0 Å². The van der Waals surface area contributed by atoms with Gasteiger partial charge in [-0.25, -0.2) is 0 Å². The fourth-order valence-electron chi connectivity index (χ4n) is 3.67. The van der Waals surface area contributed by atoms with E-state index in [0.717, 1.165) is 58.2 Å². The number of rotatable bonds is 15. The van der Waals surface area contributed by atoms with Crippen LogP contribution in [0.4, 0.5) is 0 Å². The molecule has 3 aliphatic rings. The molecule has 0 radical (unpaired) electrons. The maximum absolute atomic E-state index is 11.5. The van der Waals surface area contributed by atoms with Gasteiger partial charge in [0.15, 0.2) is 17.3 Å². The molecule has 0 fully saturated rings. The number of nitrogens with zero attached hydrogens (tertiary/aromatic N) is 3. The zero-order chi connectivity index (χ0) is 44.0. The van der Waals surface area contributed by atoms with Crippen molar-refractivity contribution in [3.63, 3.8) is 0 Å². The number of nitrogens with one attached hydrogen (secondary N) is 3. The van der Waals surface area contributed by atoms with E-state index in [1.807, 2.05) is 0 Å². The van der Waals surface area contributed by atoms with Gasteiger partial charge in [0, 0.05) is 73.2 Å². The molecule has 0 aromatic heterocycles. The Bertz CT molecular complexity index is 1370. The molecule has 0 unspecified atom stereocenters. The average Bonchev–Trinajstić information content (AvgIpc) is 3.15. The third-order valence-corrected chi connectivity index (χ3v) is 6.46. The van der Waals surface area contributed by atoms with Crippen molar-refractivity contribution in [3.8, 4) is 0 Å². The minimum Gasteiger partial charge on any atom is -0.497 e. The number of carbonyl (C=O) groups excluding carboxylic acids is 3. The molecule has 0 aromatic carbocycles. The van der Waals surface area contributed by atoms with Crippen LogP contribution >= 0.6 is 0 Å². The number of hydrogen-bond donors (Lipinski definition) is 3. The summed E-state index contributed by atoms with van der Waals surface area (Å²) in [5.74, 6) is 1.76. The van der Waals surface area contributed by atoms with Crippen molar-refractivity contribution in [2.75, 3.05) is 41.0 Å². The van der Waals surface area contributed by atoms with Crippen LogP contribution in [0, 0.1) is 81.6 Å². The summed E-state index contributed by atoms with van der Waals surface area (Å²) >= 11 is 0. The summed E-state index contributed by atoms with van der Waals surface area (Å²) in [5.41, 5.74) is 2.02. The quantitative estimate of drug-likeness (QED) is 0.0835. The Morgan fingerprint density at radius 3 is 0.845 bits per heavy atom. The van der Waals surface area contributed by atoms with E-state index >= 15 is 0 Å². The van der Waals surface area contributed by atoms with Crippen molar-refractivity contribution in [1.29, 1.82) is 0 Å². The van der Waals surface area contributed by atoms with Crippen LogP contribution in [0.5, 0.6) is 0 Å². The molecule has 0 aliphatic heterocycles. The van der Waals surface area contributed by atoms with Gasteiger partial charge in [-0.05, 0) is 55.7 Å². The number of ketones is 3. The maximum atomic E-state index is 11.5. The maximum Gasteiger partial charge on any atom is 3.00 e. The fourth-order valence-corrected chi connectivity index (χ4v) is 3.67. The van der Waals surface area contributed by atoms with Gasteiger partial charge < -0.3 is 76.1 Å². The monoisotopic (exact) mass is 946 g/mol. The van der Waals surface area contributed by atoms with Crippen molar-refractivity contribution in [1.82, 2.24) is 16.0 Å². The summed E-state index contributed by atoms with van der Waals surface area (Å²) in [6.07, 6.45) is 27.2. The molecule has 0 aromatic rings. The van der Waals surface area contributed by atoms with E-state index in [2.05, 4.69) is 36.7 Å². The van der Waals surface area contributed by atoms with Gasteiger partial charge >= 0.3 is 35.6 Å². The normalized spacial score (nSPS) is 15.1. The molecule has 0 heterocycles. The Labute approximate surface area is 364 Å². The summed E-state index contributed by atoms with van der Waals surface area (Å²) in [6.45, 7) is 9.11. The Balaban J connectivity index is -0.000000328. The second-order valence-corrected chi connectivity index (χ2v) is 10.7. The van der Waals surface area contributed by atoms with Crippen LogP contribution in [0.25, 0.3) is 0 Å². The smallest absolute Gasteiger partial charge is 0.497 e. The van der Waals surface area contributed by atoms with E-state index in [1.54, 1.807) is 76.4 Å². The van der Waals surface area contributed by atoms with Gasteiger partial charge in [0.1, 0.15) is 17.3 Å². The average molecular weight is 947 g/mol. The summed E-state index contributed by atoms with van der Waals surface area (Å²) < 4.78 is 14.9. The van der Waals surface area contributed by atoms with E-state index < -0.39 is 15.3 Å². The van der Waals surface area contributed by atoms with Gasteiger partial charge in [-0.2, -0.15) is 0 Å². The standard InChI is InChI=1S/3C12H17NO2.La.3NO3/c3*1-3-4-7-13-9-10-5-6-11(15-2)8-12(10)14;;3*2-1(3)4/h3*5-6,8-9,13H,3-4,7H2,1-2H3;;;;/q;;;+3;3*-1/b3*10-9-;;;;. The molecule has 0 saturated carbocycles.